The molecular weight excluding hydrogens is 498 g/mol. The molecule has 3 aliphatic rings. The molecule has 194 valence electrons. The van der Waals surface area contributed by atoms with Gasteiger partial charge in [0.05, 0.1) is 35.8 Å². The van der Waals surface area contributed by atoms with Crippen LogP contribution in [0.5, 0.6) is 0 Å². The standard InChI is InChI=1S/C31H23NO7/c1-2-38-30(37)19-13-15-20(16-14-19)32-28(35)24-23(17-12-18-8-4-3-5-9-18)39-31(25(24)29(32)36)26(33)21-10-6-7-11-22(21)27(31)34/h3-17,23-25H,2H2,1H3/b17-12+/t23-,24+,25+/m0/s1. The van der Waals surface area contributed by atoms with Crippen LogP contribution in [-0.2, 0) is 19.1 Å². The van der Waals surface area contributed by atoms with Crippen LogP contribution in [0.25, 0.3) is 6.08 Å². The molecule has 3 atom stereocenters. The van der Waals surface area contributed by atoms with Gasteiger partial charge in [-0.3, -0.25) is 19.2 Å². The summed E-state index contributed by atoms with van der Waals surface area (Å²) in [5.41, 5.74) is -0.470. The number of ketones is 2. The maximum Gasteiger partial charge on any atom is 0.338 e. The van der Waals surface area contributed by atoms with Crippen molar-refractivity contribution < 1.29 is 33.4 Å². The van der Waals surface area contributed by atoms with Crippen LogP contribution in [0.3, 0.4) is 0 Å². The Bertz CT molecular complexity index is 1520. The van der Waals surface area contributed by atoms with Gasteiger partial charge in [0.2, 0.25) is 29.0 Å². The Morgan fingerprint density at radius 3 is 2.10 bits per heavy atom. The van der Waals surface area contributed by atoms with Crippen molar-refractivity contribution in [1.29, 1.82) is 0 Å². The van der Waals surface area contributed by atoms with Gasteiger partial charge in [0.15, 0.2) is 0 Å². The maximum atomic E-state index is 13.9. The van der Waals surface area contributed by atoms with Crippen LogP contribution >= 0.6 is 0 Å². The van der Waals surface area contributed by atoms with E-state index in [1.165, 1.54) is 36.4 Å². The highest BCUT2D eigenvalue weighted by Gasteiger charge is 2.74. The number of imide groups is 1. The van der Waals surface area contributed by atoms with Crippen molar-refractivity contribution in [2.75, 3.05) is 11.5 Å². The van der Waals surface area contributed by atoms with Gasteiger partial charge < -0.3 is 9.47 Å². The maximum absolute atomic E-state index is 13.9. The lowest BCUT2D eigenvalue weighted by Gasteiger charge is -2.26. The van der Waals surface area contributed by atoms with Crippen LogP contribution in [0.4, 0.5) is 5.69 Å². The second-order valence-corrected chi connectivity index (χ2v) is 9.57. The van der Waals surface area contributed by atoms with E-state index in [0.29, 0.717) is 0 Å². The lowest BCUT2D eigenvalue weighted by molar-refractivity contribution is -0.126. The largest absolute Gasteiger partial charge is 0.462 e. The Balaban J connectivity index is 1.42. The number of hydrogen-bond donors (Lipinski definition) is 0. The first-order chi connectivity index (χ1) is 18.9. The first-order valence-electron chi connectivity index (χ1n) is 12.6. The lowest BCUT2D eigenvalue weighted by Crippen LogP contribution is -2.51. The van der Waals surface area contributed by atoms with Crippen molar-refractivity contribution in [3.05, 3.63) is 107 Å². The van der Waals surface area contributed by atoms with E-state index >= 15 is 0 Å². The number of nitrogens with zero attached hydrogens (tertiary/aromatic N) is 1. The molecule has 3 aromatic carbocycles. The van der Waals surface area contributed by atoms with Crippen LogP contribution in [0, 0.1) is 11.8 Å². The van der Waals surface area contributed by atoms with Crippen LogP contribution in [-0.4, -0.2) is 47.7 Å². The fourth-order valence-corrected chi connectivity index (χ4v) is 5.73. The van der Waals surface area contributed by atoms with Gasteiger partial charge >= 0.3 is 5.97 Å². The summed E-state index contributed by atoms with van der Waals surface area (Å²) < 4.78 is 11.2. The van der Waals surface area contributed by atoms with Gasteiger partial charge in [-0.25, -0.2) is 9.69 Å². The first kappa shape index (κ1) is 24.6. The van der Waals surface area contributed by atoms with Gasteiger partial charge in [-0.15, -0.1) is 0 Å². The summed E-state index contributed by atoms with van der Waals surface area (Å²) in [5, 5.41) is 0. The van der Waals surface area contributed by atoms with E-state index in [1.807, 2.05) is 30.3 Å². The summed E-state index contributed by atoms with van der Waals surface area (Å²) in [5.74, 6) is -5.47. The number of rotatable bonds is 5. The van der Waals surface area contributed by atoms with Gasteiger partial charge in [-0.2, -0.15) is 0 Å². The minimum absolute atomic E-state index is 0.173. The van der Waals surface area contributed by atoms with Crippen molar-refractivity contribution in [3.8, 4) is 0 Å². The molecular formula is C31H23NO7. The van der Waals surface area contributed by atoms with E-state index in [2.05, 4.69) is 0 Å². The SMILES string of the molecule is CCOC(=O)c1ccc(N2C(=O)[C@@H]3[C@H](/C=C/c4ccccc4)OC4(C(=O)c5ccccc5C4=O)[C@H]3C2=O)cc1. The van der Waals surface area contributed by atoms with E-state index in [1.54, 1.807) is 31.2 Å². The number of carbonyl (C=O) groups excluding carboxylic acids is 5. The van der Waals surface area contributed by atoms with Gasteiger partial charge in [0, 0.05) is 11.1 Å². The molecule has 0 saturated carbocycles. The Morgan fingerprint density at radius 1 is 0.872 bits per heavy atom. The van der Waals surface area contributed by atoms with Crippen LogP contribution in [0.2, 0.25) is 0 Å². The topological polar surface area (TPSA) is 107 Å². The average Bonchev–Trinajstić information content (AvgIpc) is 3.52. The number of benzene rings is 3. The summed E-state index contributed by atoms with van der Waals surface area (Å²) in [6, 6.07) is 21.5. The summed E-state index contributed by atoms with van der Waals surface area (Å²) in [6.45, 7) is 1.90. The van der Waals surface area contributed by atoms with E-state index < -0.39 is 52.9 Å². The summed E-state index contributed by atoms with van der Waals surface area (Å²) in [6.07, 6.45) is 2.37. The van der Waals surface area contributed by atoms with Crippen molar-refractivity contribution in [2.45, 2.75) is 18.6 Å². The number of amides is 2. The molecule has 8 nitrogen and oxygen atoms in total. The minimum Gasteiger partial charge on any atom is -0.462 e. The van der Waals surface area contributed by atoms with E-state index in [9.17, 15) is 24.0 Å². The van der Waals surface area contributed by atoms with E-state index in [4.69, 9.17) is 9.47 Å². The third-order valence-electron chi connectivity index (χ3n) is 7.47. The van der Waals surface area contributed by atoms with Gasteiger partial charge in [0.1, 0.15) is 0 Å². The molecule has 6 rings (SSSR count). The van der Waals surface area contributed by atoms with Crippen LogP contribution in [0.15, 0.2) is 84.9 Å². The predicted octanol–water partition coefficient (Wildman–Crippen LogP) is 3.90. The molecule has 8 heteroatoms. The summed E-state index contributed by atoms with van der Waals surface area (Å²) >= 11 is 0. The van der Waals surface area contributed by atoms with Crippen LogP contribution < -0.4 is 4.90 Å². The lowest BCUT2D eigenvalue weighted by atomic mass is 9.78. The summed E-state index contributed by atoms with van der Waals surface area (Å²) in [4.78, 5) is 68.4. The quantitative estimate of drug-likeness (QED) is 0.285. The third kappa shape index (κ3) is 3.59. The molecule has 2 fully saturated rings. The molecule has 0 unspecified atom stereocenters. The van der Waals surface area contributed by atoms with Gasteiger partial charge in [-0.1, -0.05) is 66.7 Å². The smallest absolute Gasteiger partial charge is 0.338 e. The molecule has 2 amide bonds. The Labute approximate surface area is 223 Å². The third-order valence-corrected chi connectivity index (χ3v) is 7.47. The second kappa shape index (κ2) is 9.25. The number of anilines is 1. The Kier molecular flexibility index (Phi) is 5.84. The Hall–Kier alpha value is -4.69. The van der Waals surface area contributed by atoms with Crippen molar-refractivity contribution in [2.24, 2.45) is 11.8 Å². The number of esters is 1. The molecule has 2 aliphatic heterocycles. The van der Waals surface area contributed by atoms with Crippen molar-refractivity contribution >= 4 is 41.1 Å². The fourth-order valence-electron chi connectivity index (χ4n) is 5.73. The molecule has 39 heavy (non-hydrogen) atoms. The van der Waals surface area contributed by atoms with Crippen molar-refractivity contribution in [1.82, 2.24) is 0 Å². The first-order valence-corrected chi connectivity index (χ1v) is 12.6. The molecule has 0 aromatic heterocycles. The van der Waals surface area contributed by atoms with Gasteiger partial charge in [-0.05, 0) is 36.8 Å². The molecule has 1 aliphatic carbocycles. The normalized spacial score (nSPS) is 23.1. The predicted molar refractivity (Wildman–Crippen MR) is 140 cm³/mol. The minimum atomic E-state index is -2.13. The monoisotopic (exact) mass is 521 g/mol. The van der Waals surface area contributed by atoms with Gasteiger partial charge in [0.25, 0.3) is 0 Å². The van der Waals surface area contributed by atoms with E-state index in [-0.39, 0.29) is 29.0 Å². The number of ether oxygens (including phenoxy) is 2. The average molecular weight is 522 g/mol. The molecule has 0 bridgehead atoms. The molecule has 0 radical (unpaired) electrons. The van der Waals surface area contributed by atoms with E-state index in [0.717, 1.165) is 10.5 Å². The Morgan fingerprint density at radius 2 is 1.49 bits per heavy atom. The van der Waals surface area contributed by atoms with Crippen molar-refractivity contribution in [3.63, 3.8) is 0 Å². The highest BCUT2D eigenvalue weighted by molar-refractivity contribution is 6.37. The molecule has 1 spiro atoms. The molecule has 2 saturated heterocycles. The zero-order valence-electron chi connectivity index (χ0n) is 20.9. The number of fused-ring (bicyclic) bond motifs is 3. The fraction of sp³-hybridized carbons (Fsp3) is 0.194. The highest BCUT2D eigenvalue weighted by atomic mass is 16.5. The molecule has 2 heterocycles. The highest BCUT2D eigenvalue weighted by Crippen LogP contribution is 2.53. The molecule has 3 aromatic rings. The number of carbonyl (C=O) groups is 5. The van der Waals surface area contributed by atoms with Crippen LogP contribution in [0.1, 0.15) is 43.6 Å². The molecule has 0 N–H and O–H groups in total. The number of hydrogen-bond acceptors (Lipinski definition) is 7. The zero-order valence-corrected chi connectivity index (χ0v) is 20.9. The zero-order chi connectivity index (χ0) is 27.3. The second-order valence-electron chi connectivity index (χ2n) is 9.57. The summed E-state index contributed by atoms with van der Waals surface area (Å²) in [7, 11) is 0. The number of Topliss-reactive ketones (excluding diaryl/α,β-unsaturated/α-hetero) is 2.